The van der Waals surface area contributed by atoms with Gasteiger partial charge in [-0.1, -0.05) is 17.7 Å². The fourth-order valence-electron chi connectivity index (χ4n) is 2.62. The average molecular weight is 369 g/mol. The van der Waals surface area contributed by atoms with Crippen molar-refractivity contribution in [2.75, 3.05) is 17.4 Å². The van der Waals surface area contributed by atoms with Crippen molar-refractivity contribution in [3.05, 3.63) is 64.8 Å². The number of nitrogens with zero attached hydrogens (tertiary/aromatic N) is 2. The van der Waals surface area contributed by atoms with Crippen molar-refractivity contribution in [2.45, 2.75) is 13.5 Å². The topological polar surface area (TPSA) is 68.3 Å². The van der Waals surface area contributed by atoms with Crippen molar-refractivity contribution < 1.29 is 9.47 Å². The molecule has 0 radical (unpaired) electrons. The molecule has 0 spiro atoms. The van der Waals surface area contributed by atoms with E-state index >= 15 is 0 Å². The monoisotopic (exact) mass is 368 g/mol. The molecule has 2 heterocycles. The molecule has 0 unspecified atom stereocenters. The fourth-order valence-corrected chi connectivity index (χ4v) is 2.75. The minimum atomic E-state index is 0.275. The molecule has 6 nitrogen and oxygen atoms in total. The highest BCUT2D eigenvalue weighted by atomic mass is 35.5. The third-order valence-corrected chi connectivity index (χ3v) is 4.12. The molecule has 132 valence electrons. The van der Waals surface area contributed by atoms with Gasteiger partial charge in [0.15, 0.2) is 11.5 Å². The first kappa shape index (κ1) is 16.5. The highest BCUT2D eigenvalue weighted by Gasteiger charge is 2.13. The Labute approximate surface area is 156 Å². The Morgan fingerprint density at radius 1 is 1.00 bits per heavy atom. The van der Waals surface area contributed by atoms with E-state index in [4.69, 9.17) is 21.1 Å². The van der Waals surface area contributed by atoms with E-state index < -0.39 is 0 Å². The summed E-state index contributed by atoms with van der Waals surface area (Å²) in [6.07, 6.45) is 0. The first-order valence-corrected chi connectivity index (χ1v) is 8.54. The van der Waals surface area contributed by atoms with Gasteiger partial charge in [0.1, 0.15) is 5.82 Å². The largest absolute Gasteiger partial charge is 0.454 e. The predicted octanol–water partition coefficient (Wildman–Crippen LogP) is 4.52. The maximum atomic E-state index is 5.91. The minimum absolute atomic E-state index is 0.275. The third kappa shape index (κ3) is 3.81. The summed E-state index contributed by atoms with van der Waals surface area (Å²) in [5, 5.41) is 7.19. The van der Waals surface area contributed by atoms with E-state index in [1.807, 2.05) is 55.5 Å². The molecule has 1 aliphatic heterocycles. The SMILES string of the molecule is Cc1cc(NCc2ccc3c(c2)OCO3)nc(Nc2ccc(Cl)cc2)n1. The Morgan fingerprint density at radius 3 is 2.65 bits per heavy atom. The van der Waals surface area contributed by atoms with E-state index in [1.165, 1.54) is 0 Å². The smallest absolute Gasteiger partial charge is 0.231 e. The zero-order valence-corrected chi connectivity index (χ0v) is 14.9. The number of aryl methyl sites for hydroxylation is 1. The number of nitrogens with one attached hydrogen (secondary N) is 2. The number of hydrogen-bond acceptors (Lipinski definition) is 6. The Morgan fingerprint density at radius 2 is 1.81 bits per heavy atom. The maximum Gasteiger partial charge on any atom is 0.231 e. The van der Waals surface area contributed by atoms with Crippen molar-refractivity contribution in [3.63, 3.8) is 0 Å². The van der Waals surface area contributed by atoms with Crippen molar-refractivity contribution in [3.8, 4) is 11.5 Å². The lowest BCUT2D eigenvalue weighted by atomic mass is 10.2. The van der Waals surface area contributed by atoms with Crippen LogP contribution in [0.15, 0.2) is 48.5 Å². The zero-order chi connectivity index (χ0) is 17.9. The first-order chi connectivity index (χ1) is 12.7. The number of fused-ring (bicyclic) bond motifs is 1. The van der Waals surface area contributed by atoms with Gasteiger partial charge in [-0.2, -0.15) is 4.98 Å². The van der Waals surface area contributed by atoms with E-state index in [-0.39, 0.29) is 6.79 Å². The van der Waals surface area contributed by atoms with Gasteiger partial charge in [0, 0.05) is 29.0 Å². The second-order valence-corrected chi connectivity index (χ2v) is 6.33. The summed E-state index contributed by atoms with van der Waals surface area (Å²) in [7, 11) is 0. The van der Waals surface area contributed by atoms with Crippen LogP contribution in [0.5, 0.6) is 11.5 Å². The molecule has 0 atom stereocenters. The molecule has 3 aromatic rings. The van der Waals surface area contributed by atoms with Crippen LogP contribution in [0.4, 0.5) is 17.5 Å². The predicted molar refractivity (Wildman–Crippen MR) is 101 cm³/mol. The van der Waals surface area contributed by atoms with Crippen LogP contribution >= 0.6 is 11.6 Å². The fraction of sp³-hybridized carbons (Fsp3) is 0.158. The summed E-state index contributed by atoms with van der Waals surface area (Å²) in [6.45, 7) is 2.82. The van der Waals surface area contributed by atoms with Gasteiger partial charge in [0.2, 0.25) is 12.7 Å². The summed E-state index contributed by atoms with van der Waals surface area (Å²) < 4.78 is 10.7. The highest BCUT2D eigenvalue weighted by Crippen LogP contribution is 2.32. The molecule has 26 heavy (non-hydrogen) atoms. The number of aromatic nitrogens is 2. The van der Waals surface area contributed by atoms with Gasteiger partial charge in [-0.15, -0.1) is 0 Å². The van der Waals surface area contributed by atoms with E-state index in [2.05, 4.69) is 20.6 Å². The number of ether oxygens (including phenoxy) is 2. The normalized spacial score (nSPS) is 12.1. The van der Waals surface area contributed by atoms with Crippen molar-refractivity contribution in [1.82, 2.24) is 9.97 Å². The van der Waals surface area contributed by atoms with E-state index in [0.717, 1.165) is 34.3 Å². The lowest BCUT2D eigenvalue weighted by Gasteiger charge is -2.10. The van der Waals surface area contributed by atoms with Gasteiger partial charge in [-0.05, 0) is 48.9 Å². The summed E-state index contributed by atoms with van der Waals surface area (Å²) in [6, 6.07) is 15.2. The molecule has 4 rings (SSSR count). The van der Waals surface area contributed by atoms with Crippen LogP contribution < -0.4 is 20.1 Å². The highest BCUT2D eigenvalue weighted by molar-refractivity contribution is 6.30. The molecule has 0 saturated heterocycles. The molecule has 2 N–H and O–H groups in total. The molecule has 0 aliphatic carbocycles. The molecule has 0 amide bonds. The summed E-state index contributed by atoms with van der Waals surface area (Å²) in [4.78, 5) is 8.94. The van der Waals surface area contributed by atoms with Crippen molar-refractivity contribution in [2.24, 2.45) is 0 Å². The van der Waals surface area contributed by atoms with Crippen molar-refractivity contribution in [1.29, 1.82) is 0 Å². The van der Waals surface area contributed by atoms with Crippen molar-refractivity contribution >= 4 is 29.1 Å². The van der Waals surface area contributed by atoms with Crippen LogP contribution in [0.1, 0.15) is 11.3 Å². The Kier molecular flexibility index (Phi) is 4.50. The average Bonchev–Trinajstić information content (AvgIpc) is 3.09. The third-order valence-electron chi connectivity index (χ3n) is 3.87. The molecule has 0 bridgehead atoms. The van der Waals surface area contributed by atoms with Gasteiger partial charge in [0.25, 0.3) is 0 Å². The Hall–Kier alpha value is -2.99. The molecule has 0 fully saturated rings. The summed E-state index contributed by atoms with van der Waals surface area (Å²) >= 11 is 5.91. The second kappa shape index (κ2) is 7.09. The molecule has 2 aromatic carbocycles. The van der Waals surface area contributed by atoms with Gasteiger partial charge in [-0.25, -0.2) is 4.98 Å². The number of rotatable bonds is 5. The second-order valence-electron chi connectivity index (χ2n) is 5.89. The minimum Gasteiger partial charge on any atom is -0.454 e. The number of anilines is 3. The Balaban J connectivity index is 1.46. The van der Waals surface area contributed by atoms with Gasteiger partial charge >= 0.3 is 0 Å². The molecule has 0 saturated carbocycles. The molecule has 1 aliphatic rings. The molecular weight excluding hydrogens is 352 g/mol. The summed E-state index contributed by atoms with van der Waals surface area (Å²) in [5.74, 6) is 2.82. The van der Waals surface area contributed by atoms with Gasteiger partial charge in [0.05, 0.1) is 0 Å². The van der Waals surface area contributed by atoms with Crippen LogP contribution in [-0.2, 0) is 6.54 Å². The number of hydrogen-bond donors (Lipinski definition) is 2. The van der Waals surface area contributed by atoms with E-state index in [1.54, 1.807) is 0 Å². The number of benzene rings is 2. The summed E-state index contributed by atoms with van der Waals surface area (Å²) in [5.41, 5.74) is 2.82. The van der Waals surface area contributed by atoms with Crippen LogP contribution in [0.2, 0.25) is 5.02 Å². The van der Waals surface area contributed by atoms with Crippen LogP contribution in [0.25, 0.3) is 0 Å². The van der Waals surface area contributed by atoms with E-state index in [9.17, 15) is 0 Å². The first-order valence-electron chi connectivity index (χ1n) is 8.16. The Bertz CT molecular complexity index is 931. The van der Waals surface area contributed by atoms with Crippen LogP contribution in [0.3, 0.4) is 0 Å². The lowest BCUT2D eigenvalue weighted by Crippen LogP contribution is -2.05. The maximum absolute atomic E-state index is 5.91. The lowest BCUT2D eigenvalue weighted by molar-refractivity contribution is 0.174. The van der Waals surface area contributed by atoms with Crippen LogP contribution in [-0.4, -0.2) is 16.8 Å². The van der Waals surface area contributed by atoms with E-state index in [0.29, 0.717) is 17.5 Å². The van der Waals surface area contributed by atoms with Gasteiger partial charge < -0.3 is 20.1 Å². The van der Waals surface area contributed by atoms with Gasteiger partial charge in [-0.3, -0.25) is 0 Å². The van der Waals surface area contributed by atoms with Crippen LogP contribution in [0, 0.1) is 6.92 Å². The quantitative estimate of drug-likeness (QED) is 0.690. The number of halogens is 1. The standard InChI is InChI=1S/C19H17ClN4O2/c1-12-8-18(21-10-13-2-7-16-17(9-13)26-11-25-16)24-19(22-12)23-15-5-3-14(20)4-6-15/h2-9H,10-11H2,1H3,(H2,21,22,23,24). The molecule has 1 aromatic heterocycles. The molecule has 7 heteroatoms. The molecular formula is C19H17ClN4O2. The zero-order valence-electron chi connectivity index (χ0n) is 14.1.